The van der Waals surface area contributed by atoms with Gasteiger partial charge in [-0.25, -0.2) is 0 Å². The summed E-state index contributed by atoms with van der Waals surface area (Å²) < 4.78 is 5.67. The van der Waals surface area contributed by atoms with Crippen LogP contribution in [-0.4, -0.2) is 12.4 Å². The van der Waals surface area contributed by atoms with Crippen molar-refractivity contribution in [1.82, 2.24) is 0 Å². The standard InChI is InChI=1S/C18H19ClO2/c1-14(20)16-10-11-18(17(19)13-16)21-12-6-5-9-15-7-3-2-4-8-15/h2-4,7-8,10-11,13H,5-6,9,12H2,1H3. The number of Topliss-reactive ketones (excluding diaryl/α,β-unsaturated/α-hetero) is 1. The molecule has 0 radical (unpaired) electrons. The number of ketones is 1. The number of hydrogen-bond donors (Lipinski definition) is 0. The molecule has 0 saturated carbocycles. The molecule has 3 heteroatoms. The van der Waals surface area contributed by atoms with Crippen LogP contribution < -0.4 is 4.74 Å². The lowest BCUT2D eigenvalue weighted by atomic mass is 10.1. The number of halogens is 1. The molecule has 0 amide bonds. The van der Waals surface area contributed by atoms with E-state index >= 15 is 0 Å². The average molecular weight is 303 g/mol. The highest BCUT2D eigenvalue weighted by Crippen LogP contribution is 2.25. The highest BCUT2D eigenvalue weighted by atomic mass is 35.5. The van der Waals surface area contributed by atoms with E-state index < -0.39 is 0 Å². The van der Waals surface area contributed by atoms with Crippen LogP contribution in [0.1, 0.15) is 35.7 Å². The maximum absolute atomic E-state index is 11.2. The molecule has 0 N–H and O–H groups in total. The van der Waals surface area contributed by atoms with Crippen LogP contribution in [0.4, 0.5) is 0 Å². The monoisotopic (exact) mass is 302 g/mol. The van der Waals surface area contributed by atoms with Gasteiger partial charge in [0.25, 0.3) is 0 Å². The van der Waals surface area contributed by atoms with Crippen LogP contribution in [0.25, 0.3) is 0 Å². The fraction of sp³-hybridized carbons (Fsp3) is 0.278. The Labute approximate surface area is 130 Å². The van der Waals surface area contributed by atoms with E-state index in [9.17, 15) is 4.79 Å². The Hall–Kier alpha value is -1.80. The maximum Gasteiger partial charge on any atom is 0.159 e. The van der Waals surface area contributed by atoms with Gasteiger partial charge in [0.2, 0.25) is 0 Å². The van der Waals surface area contributed by atoms with Crippen molar-refractivity contribution in [1.29, 1.82) is 0 Å². The van der Waals surface area contributed by atoms with E-state index in [4.69, 9.17) is 16.3 Å². The minimum Gasteiger partial charge on any atom is -0.492 e. The van der Waals surface area contributed by atoms with Gasteiger partial charge < -0.3 is 4.74 Å². The molecular weight excluding hydrogens is 284 g/mol. The maximum atomic E-state index is 11.2. The Morgan fingerprint density at radius 1 is 1.10 bits per heavy atom. The molecule has 0 bridgehead atoms. The molecule has 0 aliphatic carbocycles. The van der Waals surface area contributed by atoms with Crippen molar-refractivity contribution in [2.75, 3.05) is 6.61 Å². The Bertz CT molecular complexity index is 593. The zero-order valence-corrected chi connectivity index (χ0v) is 12.9. The third-order valence-corrected chi connectivity index (χ3v) is 3.59. The van der Waals surface area contributed by atoms with Crippen molar-refractivity contribution in [2.24, 2.45) is 0 Å². The van der Waals surface area contributed by atoms with Gasteiger partial charge in [-0.1, -0.05) is 41.9 Å². The van der Waals surface area contributed by atoms with Crippen LogP contribution >= 0.6 is 11.6 Å². The minimum absolute atomic E-state index is 0.00584. The summed E-state index contributed by atoms with van der Waals surface area (Å²) in [5.41, 5.74) is 1.96. The average Bonchev–Trinajstić information content (AvgIpc) is 2.49. The molecule has 2 aromatic carbocycles. The van der Waals surface area contributed by atoms with E-state index in [-0.39, 0.29) is 5.78 Å². The number of benzene rings is 2. The van der Waals surface area contributed by atoms with Crippen LogP contribution in [0.15, 0.2) is 48.5 Å². The molecule has 2 rings (SSSR count). The van der Waals surface area contributed by atoms with Gasteiger partial charge in [-0.3, -0.25) is 4.79 Å². The summed E-state index contributed by atoms with van der Waals surface area (Å²) in [6.45, 7) is 2.15. The summed E-state index contributed by atoms with van der Waals surface area (Å²) in [6, 6.07) is 15.6. The normalized spacial score (nSPS) is 10.4. The lowest BCUT2D eigenvalue weighted by Gasteiger charge is -2.09. The molecule has 2 nitrogen and oxygen atoms in total. The van der Waals surface area contributed by atoms with E-state index in [0.717, 1.165) is 19.3 Å². The molecule has 0 saturated heterocycles. The third kappa shape index (κ3) is 4.91. The number of hydrogen-bond acceptors (Lipinski definition) is 2. The SMILES string of the molecule is CC(=O)c1ccc(OCCCCc2ccccc2)c(Cl)c1. The predicted octanol–water partition coefficient (Wildman–Crippen LogP) is 4.94. The van der Waals surface area contributed by atoms with Gasteiger partial charge in [-0.05, 0) is 49.9 Å². The molecule has 21 heavy (non-hydrogen) atoms. The molecule has 0 aromatic heterocycles. The highest BCUT2D eigenvalue weighted by Gasteiger charge is 2.05. The highest BCUT2D eigenvalue weighted by molar-refractivity contribution is 6.32. The third-order valence-electron chi connectivity index (χ3n) is 3.30. The van der Waals surface area contributed by atoms with Crippen LogP contribution in [-0.2, 0) is 6.42 Å². The Balaban J connectivity index is 1.75. The molecule has 2 aromatic rings. The largest absolute Gasteiger partial charge is 0.492 e. The summed E-state index contributed by atoms with van der Waals surface area (Å²) in [7, 11) is 0. The summed E-state index contributed by atoms with van der Waals surface area (Å²) in [5.74, 6) is 0.646. The van der Waals surface area contributed by atoms with E-state index in [1.54, 1.807) is 18.2 Å². The first kappa shape index (κ1) is 15.6. The fourth-order valence-corrected chi connectivity index (χ4v) is 2.33. The molecule has 0 aliphatic rings. The van der Waals surface area contributed by atoms with Gasteiger partial charge >= 0.3 is 0 Å². The second-order valence-electron chi connectivity index (χ2n) is 4.99. The van der Waals surface area contributed by atoms with Gasteiger partial charge in [0, 0.05) is 5.56 Å². The minimum atomic E-state index is 0.00584. The summed E-state index contributed by atoms with van der Waals surface area (Å²) in [5, 5.41) is 0.491. The first-order valence-electron chi connectivity index (χ1n) is 7.14. The van der Waals surface area contributed by atoms with Gasteiger partial charge in [0.15, 0.2) is 5.78 Å². The second kappa shape index (κ2) is 7.84. The van der Waals surface area contributed by atoms with E-state index in [1.165, 1.54) is 12.5 Å². The molecule has 0 spiro atoms. The molecule has 0 heterocycles. The van der Waals surface area contributed by atoms with Crippen LogP contribution in [0, 0.1) is 0 Å². The van der Waals surface area contributed by atoms with Crippen molar-refractivity contribution < 1.29 is 9.53 Å². The number of rotatable bonds is 7. The zero-order valence-electron chi connectivity index (χ0n) is 12.1. The van der Waals surface area contributed by atoms with Crippen LogP contribution in [0.2, 0.25) is 5.02 Å². The predicted molar refractivity (Wildman–Crippen MR) is 86.3 cm³/mol. The lowest BCUT2D eigenvalue weighted by molar-refractivity contribution is 0.101. The number of carbonyl (C=O) groups excluding carboxylic acids is 1. The fourth-order valence-electron chi connectivity index (χ4n) is 2.09. The van der Waals surface area contributed by atoms with Crippen molar-refractivity contribution in [3.05, 3.63) is 64.7 Å². The summed E-state index contributed by atoms with van der Waals surface area (Å²) in [4.78, 5) is 11.2. The molecule has 0 atom stereocenters. The number of aryl methyl sites for hydroxylation is 1. The lowest BCUT2D eigenvalue weighted by Crippen LogP contribution is -2.00. The molecule has 0 unspecified atom stereocenters. The van der Waals surface area contributed by atoms with Gasteiger partial charge in [0.05, 0.1) is 11.6 Å². The van der Waals surface area contributed by atoms with E-state index in [0.29, 0.717) is 22.9 Å². The smallest absolute Gasteiger partial charge is 0.159 e. The van der Waals surface area contributed by atoms with Crippen molar-refractivity contribution in [3.8, 4) is 5.75 Å². The van der Waals surface area contributed by atoms with Crippen molar-refractivity contribution in [2.45, 2.75) is 26.2 Å². The topological polar surface area (TPSA) is 26.3 Å². The first-order valence-corrected chi connectivity index (χ1v) is 7.52. The first-order chi connectivity index (χ1) is 10.2. The van der Waals surface area contributed by atoms with Crippen molar-refractivity contribution >= 4 is 17.4 Å². The Morgan fingerprint density at radius 3 is 2.52 bits per heavy atom. The second-order valence-corrected chi connectivity index (χ2v) is 5.40. The molecule has 0 fully saturated rings. The van der Waals surface area contributed by atoms with E-state index in [2.05, 4.69) is 24.3 Å². The van der Waals surface area contributed by atoms with Gasteiger partial charge in [-0.15, -0.1) is 0 Å². The number of unbranched alkanes of at least 4 members (excludes halogenated alkanes) is 1. The Kier molecular flexibility index (Phi) is 5.82. The van der Waals surface area contributed by atoms with Crippen LogP contribution in [0.5, 0.6) is 5.75 Å². The van der Waals surface area contributed by atoms with E-state index in [1.807, 2.05) is 6.07 Å². The number of carbonyl (C=O) groups is 1. The van der Waals surface area contributed by atoms with Gasteiger partial charge in [0.1, 0.15) is 5.75 Å². The zero-order chi connectivity index (χ0) is 15.1. The van der Waals surface area contributed by atoms with Crippen LogP contribution in [0.3, 0.4) is 0 Å². The molecular formula is C18H19ClO2. The summed E-state index contributed by atoms with van der Waals surface area (Å²) >= 11 is 6.10. The quantitative estimate of drug-likeness (QED) is 0.534. The summed E-state index contributed by atoms with van der Waals surface area (Å²) in [6.07, 6.45) is 3.11. The molecule has 0 aliphatic heterocycles. The van der Waals surface area contributed by atoms with Crippen molar-refractivity contribution in [3.63, 3.8) is 0 Å². The molecule has 110 valence electrons. The van der Waals surface area contributed by atoms with Gasteiger partial charge in [-0.2, -0.15) is 0 Å². The number of ether oxygens (including phenoxy) is 1. The Morgan fingerprint density at radius 2 is 1.86 bits per heavy atom.